The molecule has 0 radical (unpaired) electrons. The molecule has 1 aliphatic rings. The summed E-state index contributed by atoms with van der Waals surface area (Å²) < 4.78 is 5.01. The Hall–Kier alpha value is -1.42. The summed E-state index contributed by atoms with van der Waals surface area (Å²) >= 11 is 0. The van der Waals surface area contributed by atoms with Crippen molar-refractivity contribution in [3.63, 3.8) is 0 Å². The Labute approximate surface area is 109 Å². The Morgan fingerprint density at radius 1 is 1.33 bits per heavy atom. The van der Waals surface area contributed by atoms with Crippen LogP contribution in [0, 0.1) is 0 Å². The summed E-state index contributed by atoms with van der Waals surface area (Å²) in [5.41, 5.74) is 0. The van der Waals surface area contributed by atoms with Crippen molar-refractivity contribution in [3.05, 3.63) is 30.3 Å². The van der Waals surface area contributed by atoms with Gasteiger partial charge >= 0.3 is 5.97 Å². The first kappa shape index (κ1) is 13.0. The SMILES string of the molecule is CCOC(=O)C1=S(c2ccccc2)CCCC1=O. The van der Waals surface area contributed by atoms with Crippen molar-refractivity contribution >= 4 is 27.1 Å². The van der Waals surface area contributed by atoms with Crippen LogP contribution in [-0.2, 0) is 14.3 Å². The van der Waals surface area contributed by atoms with Gasteiger partial charge in [-0.1, -0.05) is 18.2 Å². The van der Waals surface area contributed by atoms with E-state index in [0.29, 0.717) is 17.9 Å². The van der Waals surface area contributed by atoms with E-state index in [1.165, 1.54) is 0 Å². The van der Waals surface area contributed by atoms with Gasteiger partial charge in [-0.25, -0.2) is 4.79 Å². The van der Waals surface area contributed by atoms with Gasteiger partial charge in [0.2, 0.25) is 0 Å². The Bertz CT molecular complexity index is 491. The Kier molecular flexibility index (Phi) is 4.31. The van der Waals surface area contributed by atoms with Crippen LogP contribution in [0.3, 0.4) is 0 Å². The quantitative estimate of drug-likeness (QED) is 0.622. The maximum Gasteiger partial charge on any atom is 0.347 e. The molecular formula is C14H16O3S. The standard InChI is InChI=1S/C14H16O3S/c1-2-17-14(16)13-12(15)9-6-10-18(13)11-7-4-3-5-8-11/h3-5,7-8H,2,6,9-10H2,1H3. The first-order valence-corrected chi connectivity index (χ1v) is 7.46. The second kappa shape index (κ2) is 5.96. The van der Waals surface area contributed by atoms with Gasteiger partial charge in [0, 0.05) is 11.3 Å². The number of rotatable bonds is 3. The molecule has 0 bridgehead atoms. The molecule has 0 N–H and O–H groups in total. The zero-order valence-corrected chi connectivity index (χ0v) is 11.2. The molecule has 3 nitrogen and oxygen atoms in total. The summed E-state index contributed by atoms with van der Waals surface area (Å²) in [5, 5.41) is 0. The highest BCUT2D eigenvalue weighted by atomic mass is 32.2. The van der Waals surface area contributed by atoms with Crippen molar-refractivity contribution in [1.29, 1.82) is 0 Å². The lowest BCUT2D eigenvalue weighted by atomic mass is 10.2. The van der Waals surface area contributed by atoms with Crippen molar-refractivity contribution in [2.45, 2.75) is 24.7 Å². The van der Waals surface area contributed by atoms with E-state index >= 15 is 0 Å². The lowest BCUT2D eigenvalue weighted by molar-refractivity contribution is -0.135. The summed E-state index contributed by atoms with van der Waals surface area (Å²) in [6.07, 6.45) is 1.31. The van der Waals surface area contributed by atoms with Crippen LogP contribution in [0.2, 0.25) is 0 Å². The van der Waals surface area contributed by atoms with E-state index in [4.69, 9.17) is 4.74 Å². The van der Waals surface area contributed by atoms with Crippen LogP contribution in [0.25, 0.3) is 0 Å². The predicted octanol–water partition coefficient (Wildman–Crippen LogP) is 2.41. The van der Waals surface area contributed by atoms with Gasteiger partial charge in [0.1, 0.15) is 4.86 Å². The van der Waals surface area contributed by atoms with E-state index in [2.05, 4.69) is 0 Å². The topological polar surface area (TPSA) is 43.4 Å². The van der Waals surface area contributed by atoms with Crippen molar-refractivity contribution < 1.29 is 14.3 Å². The minimum absolute atomic E-state index is 0.0492. The van der Waals surface area contributed by atoms with Gasteiger partial charge in [-0.05, 0) is 31.2 Å². The third-order valence-electron chi connectivity index (χ3n) is 2.74. The molecule has 1 aliphatic heterocycles. The minimum atomic E-state index is -0.436. The van der Waals surface area contributed by atoms with Gasteiger partial charge in [0.05, 0.1) is 6.61 Å². The Morgan fingerprint density at radius 3 is 2.72 bits per heavy atom. The second-order valence-electron chi connectivity index (χ2n) is 3.98. The van der Waals surface area contributed by atoms with Crippen molar-refractivity contribution in [2.24, 2.45) is 0 Å². The molecule has 0 aromatic heterocycles. The molecule has 18 heavy (non-hydrogen) atoms. The van der Waals surface area contributed by atoms with Gasteiger partial charge in [0.15, 0.2) is 5.78 Å². The van der Waals surface area contributed by atoms with Crippen molar-refractivity contribution in [3.8, 4) is 0 Å². The number of carbonyl (C=O) groups is 2. The summed E-state index contributed by atoms with van der Waals surface area (Å²) in [7, 11) is -0.415. The predicted molar refractivity (Wildman–Crippen MR) is 73.0 cm³/mol. The van der Waals surface area contributed by atoms with E-state index in [1.54, 1.807) is 6.92 Å². The van der Waals surface area contributed by atoms with Gasteiger partial charge in [-0.2, -0.15) is 0 Å². The van der Waals surface area contributed by atoms with Crippen LogP contribution in [0.4, 0.5) is 0 Å². The van der Waals surface area contributed by atoms with Gasteiger partial charge in [0.25, 0.3) is 0 Å². The number of ketones is 1. The normalized spacial score (nSPS) is 19.7. The van der Waals surface area contributed by atoms with Crippen LogP contribution in [0.1, 0.15) is 19.8 Å². The summed E-state index contributed by atoms with van der Waals surface area (Å²) in [6, 6.07) is 9.75. The average Bonchev–Trinajstić information content (AvgIpc) is 2.39. The Morgan fingerprint density at radius 2 is 2.06 bits per heavy atom. The van der Waals surface area contributed by atoms with Gasteiger partial charge in [-0.3, -0.25) is 4.79 Å². The molecule has 1 atom stereocenters. The number of hydrogen-bond acceptors (Lipinski definition) is 3. The highest BCUT2D eigenvalue weighted by Gasteiger charge is 2.27. The number of hydrogen-bond donors (Lipinski definition) is 0. The summed E-state index contributed by atoms with van der Waals surface area (Å²) in [4.78, 5) is 25.3. The zero-order chi connectivity index (χ0) is 13.0. The number of ether oxygens (including phenoxy) is 1. The molecule has 0 fully saturated rings. The molecule has 2 rings (SSSR count). The molecule has 4 heteroatoms. The fourth-order valence-corrected chi connectivity index (χ4v) is 4.19. The first-order chi connectivity index (χ1) is 8.74. The molecule has 96 valence electrons. The number of Topliss-reactive ketones (excluding diaryl/α,β-unsaturated/α-hetero) is 1. The average molecular weight is 264 g/mol. The maximum atomic E-state index is 12.0. The molecule has 1 unspecified atom stereocenters. The largest absolute Gasteiger partial charge is 0.462 e. The Balaban J connectivity index is 2.46. The molecule has 0 saturated heterocycles. The summed E-state index contributed by atoms with van der Waals surface area (Å²) in [5.74, 6) is 0.380. The van der Waals surface area contributed by atoms with Crippen LogP contribution in [-0.4, -0.2) is 29.0 Å². The zero-order valence-electron chi connectivity index (χ0n) is 10.3. The van der Waals surface area contributed by atoms with Gasteiger partial charge in [-0.15, -0.1) is 10.5 Å². The second-order valence-corrected chi connectivity index (χ2v) is 6.05. The third kappa shape index (κ3) is 2.70. The van der Waals surface area contributed by atoms with Crippen LogP contribution < -0.4 is 0 Å². The minimum Gasteiger partial charge on any atom is -0.462 e. The molecule has 0 spiro atoms. The number of esters is 1. The molecule has 0 saturated carbocycles. The molecule has 0 aliphatic carbocycles. The van der Waals surface area contributed by atoms with E-state index in [1.807, 2.05) is 30.3 Å². The van der Waals surface area contributed by atoms with E-state index < -0.39 is 16.5 Å². The van der Waals surface area contributed by atoms with Crippen LogP contribution in [0.5, 0.6) is 0 Å². The van der Waals surface area contributed by atoms with Crippen molar-refractivity contribution in [1.82, 2.24) is 0 Å². The van der Waals surface area contributed by atoms with Crippen LogP contribution >= 0.6 is 10.5 Å². The van der Waals surface area contributed by atoms with E-state index in [9.17, 15) is 9.59 Å². The molecule has 1 aromatic rings. The van der Waals surface area contributed by atoms with Crippen molar-refractivity contribution in [2.75, 3.05) is 12.4 Å². The first-order valence-electron chi connectivity index (χ1n) is 6.07. The highest BCUT2D eigenvalue weighted by Crippen LogP contribution is 2.33. The van der Waals surface area contributed by atoms with Gasteiger partial charge < -0.3 is 4.74 Å². The van der Waals surface area contributed by atoms with E-state index in [0.717, 1.165) is 17.1 Å². The lowest BCUT2D eigenvalue weighted by Gasteiger charge is -2.19. The molecule has 1 aromatic carbocycles. The molecule has 1 heterocycles. The number of benzene rings is 1. The van der Waals surface area contributed by atoms with E-state index in [-0.39, 0.29) is 5.78 Å². The fourth-order valence-electron chi connectivity index (χ4n) is 1.96. The lowest BCUT2D eigenvalue weighted by Crippen LogP contribution is -2.29. The van der Waals surface area contributed by atoms with Crippen LogP contribution in [0.15, 0.2) is 35.2 Å². The third-order valence-corrected chi connectivity index (χ3v) is 5.17. The summed E-state index contributed by atoms with van der Waals surface area (Å²) in [6.45, 7) is 2.06. The smallest absolute Gasteiger partial charge is 0.347 e. The monoisotopic (exact) mass is 264 g/mol. The fraction of sp³-hybridized carbons (Fsp3) is 0.357. The highest BCUT2D eigenvalue weighted by molar-refractivity contribution is 8.18. The maximum absolute atomic E-state index is 12.0. The molecular weight excluding hydrogens is 248 g/mol. The number of carbonyl (C=O) groups excluding carboxylic acids is 2. The molecule has 0 amide bonds.